The Kier molecular flexibility index (Phi) is 7.27. The minimum Gasteiger partial charge on any atom is -0.444 e. The van der Waals surface area contributed by atoms with Gasteiger partial charge in [-0.1, -0.05) is 49.2 Å². The molecule has 0 unspecified atom stereocenters. The van der Waals surface area contributed by atoms with E-state index >= 15 is 0 Å². The third-order valence-corrected chi connectivity index (χ3v) is 4.11. The van der Waals surface area contributed by atoms with Gasteiger partial charge in [-0.3, -0.25) is 9.69 Å². The number of carbonyl (C=O) groups is 2. The Morgan fingerprint density at radius 1 is 1.25 bits per heavy atom. The van der Waals surface area contributed by atoms with Gasteiger partial charge >= 0.3 is 6.09 Å². The topological polar surface area (TPSA) is 46.6 Å². The Bertz CT molecular complexity index is 580. The van der Waals surface area contributed by atoms with Crippen LogP contribution < -0.4 is 0 Å². The first kappa shape index (κ1) is 18.0. The van der Waals surface area contributed by atoms with Crippen molar-refractivity contribution in [2.24, 2.45) is 0 Å². The highest BCUT2D eigenvalue weighted by molar-refractivity contribution is 5.92. The van der Waals surface area contributed by atoms with Crippen LogP contribution in [0, 0.1) is 0 Å². The van der Waals surface area contributed by atoms with Gasteiger partial charge in [0.15, 0.2) is 5.78 Å². The van der Waals surface area contributed by atoms with E-state index in [2.05, 4.69) is 6.58 Å². The van der Waals surface area contributed by atoms with Crippen LogP contribution in [0.15, 0.2) is 55.3 Å². The number of nitrogens with zero attached hydrogens (tertiary/aromatic N) is 1. The average molecular weight is 327 g/mol. The van der Waals surface area contributed by atoms with Crippen LogP contribution >= 0.6 is 0 Å². The molecule has 128 valence electrons. The monoisotopic (exact) mass is 327 g/mol. The highest BCUT2D eigenvalue weighted by Crippen LogP contribution is 2.20. The molecule has 0 saturated carbocycles. The molecule has 1 aromatic rings. The van der Waals surface area contributed by atoms with Crippen LogP contribution in [-0.4, -0.2) is 22.8 Å². The molecule has 0 saturated heterocycles. The quantitative estimate of drug-likeness (QED) is 0.517. The molecule has 1 aromatic carbocycles. The van der Waals surface area contributed by atoms with E-state index in [4.69, 9.17) is 4.74 Å². The van der Waals surface area contributed by atoms with Gasteiger partial charge in [-0.05, 0) is 30.9 Å². The second kappa shape index (κ2) is 9.71. The Balaban J connectivity index is 1.86. The number of ether oxygens (including phenoxy) is 1. The van der Waals surface area contributed by atoms with Crippen molar-refractivity contribution in [2.75, 3.05) is 0 Å². The van der Waals surface area contributed by atoms with Crippen molar-refractivity contribution in [2.45, 2.75) is 51.2 Å². The van der Waals surface area contributed by atoms with Crippen LogP contribution in [0.25, 0.3) is 0 Å². The van der Waals surface area contributed by atoms with Crippen LogP contribution in [0.5, 0.6) is 0 Å². The molecule has 1 aliphatic heterocycles. The van der Waals surface area contributed by atoms with Crippen LogP contribution in [0.4, 0.5) is 4.79 Å². The number of rotatable bonds is 8. The number of carbonyl (C=O) groups excluding carboxylic acids is 2. The molecule has 0 radical (unpaired) electrons. The number of benzene rings is 1. The maximum Gasteiger partial charge on any atom is 0.414 e. The summed E-state index contributed by atoms with van der Waals surface area (Å²) in [5.41, 5.74) is 0.948. The summed E-state index contributed by atoms with van der Waals surface area (Å²) < 4.78 is 5.39. The molecule has 0 bridgehead atoms. The molecule has 0 spiro atoms. The molecule has 1 aliphatic rings. The van der Waals surface area contributed by atoms with E-state index in [9.17, 15) is 9.59 Å². The molecule has 1 amide bonds. The summed E-state index contributed by atoms with van der Waals surface area (Å²) in [7, 11) is 0. The smallest absolute Gasteiger partial charge is 0.414 e. The van der Waals surface area contributed by atoms with Crippen molar-refractivity contribution in [3.63, 3.8) is 0 Å². The SMILES string of the molecule is C=CCCCCC[C@H]1CC(=O)C=CN1C(=O)OCc1ccccc1. The van der Waals surface area contributed by atoms with E-state index in [0.717, 1.165) is 37.7 Å². The van der Waals surface area contributed by atoms with Crippen molar-refractivity contribution < 1.29 is 14.3 Å². The van der Waals surface area contributed by atoms with Crippen molar-refractivity contribution in [1.82, 2.24) is 4.90 Å². The van der Waals surface area contributed by atoms with E-state index < -0.39 is 6.09 Å². The van der Waals surface area contributed by atoms with Gasteiger partial charge in [-0.15, -0.1) is 6.58 Å². The molecule has 4 heteroatoms. The van der Waals surface area contributed by atoms with E-state index in [1.807, 2.05) is 36.4 Å². The number of allylic oxidation sites excluding steroid dienone is 2. The summed E-state index contributed by atoms with van der Waals surface area (Å²) in [4.78, 5) is 25.6. The van der Waals surface area contributed by atoms with Gasteiger partial charge in [0.2, 0.25) is 0 Å². The number of unbranched alkanes of at least 4 members (excludes halogenated alkanes) is 3. The van der Waals surface area contributed by atoms with Gasteiger partial charge in [0.05, 0.1) is 0 Å². The highest BCUT2D eigenvalue weighted by atomic mass is 16.6. The molecule has 0 fully saturated rings. The van der Waals surface area contributed by atoms with Crippen LogP contribution in [0.3, 0.4) is 0 Å². The van der Waals surface area contributed by atoms with Gasteiger partial charge in [-0.25, -0.2) is 4.79 Å². The molecule has 1 heterocycles. The average Bonchev–Trinajstić information content (AvgIpc) is 2.60. The van der Waals surface area contributed by atoms with Gasteiger partial charge in [0.25, 0.3) is 0 Å². The Morgan fingerprint density at radius 3 is 2.79 bits per heavy atom. The van der Waals surface area contributed by atoms with Crippen molar-refractivity contribution >= 4 is 11.9 Å². The van der Waals surface area contributed by atoms with E-state index in [-0.39, 0.29) is 18.4 Å². The summed E-state index contributed by atoms with van der Waals surface area (Å²) >= 11 is 0. The Morgan fingerprint density at radius 2 is 2.04 bits per heavy atom. The molecule has 24 heavy (non-hydrogen) atoms. The van der Waals surface area contributed by atoms with E-state index in [0.29, 0.717) is 6.42 Å². The molecule has 0 aromatic heterocycles. The predicted octanol–water partition coefficient (Wildman–Crippen LogP) is 4.62. The Labute approximate surface area is 143 Å². The Hall–Kier alpha value is -2.36. The van der Waals surface area contributed by atoms with Gasteiger partial charge < -0.3 is 4.74 Å². The zero-order valence-electron chi connectivity index (χ0n) is 14.0. The van der Waals surface area contributed by atoms with Crippen LogP contribution in [0.2, 0.25) is 0 Å². The van der Waals surface area contributed by atoms with Crippen LogP contribution in [-0.2, 0) is 16.1 Å². The number of amides is 1. The zero-order chi connectivity index (χ0) is 17.2. The van der Waals surface area contributed by atoms with Crippen LogP contribution in [0.1, 0.15) is 44.1 Å². The van der Waals surface area contributed by atoms with E-state index in [1.165, 1.54) is 6.08 Å². The summed E-state index contributed by atoms with van der Waals surface area (Å²) in [5.74, 6) is 0.0678. The second-order valence-corrected chi connectivity index (χ2v) is 6.01. The van der Waals surface area contributed by atoms with Crippen molar-refractivity contribution in [1.29, 1.82) is 0 Å². The third kappa shape index (κ3) is 5.69. The lowest BCUT2D eigenvalue weighted by Crippen LogP contribution is -2.40. The fourth-order valence-electron chi connectivity index (χ4n) is 2.77. The molecular formula is C20H25NO3. The molecule has 0 N–H and O–H groups in total. The lowest BCUT2D eigenvalue weighted by atomic mass is 9.99. The first-order valence-electron chi connectivity index (χ1n) is 8.51. The second-order valence-electron chi connectivity index (χ2n) is 6.01. The minimum absolute atomic E-state index is 0.0678. The number of ketones is 1. The molecule has 0 aliphatic carbocycles. The summed E-state index contributed by atoms with van der Waals surface area (Å²) in [6.45, 7) is 3.96. The first-order chi connectivity index (χ1) is 11.7. The summed E-state index contributed by atoms with van der Waals surface area (Å²) in [6.07, 6.45) is 9.90. The lowest BCUT2D eigenvalue weighted by molar-refractivity contribution is -0.116. The molecule has 2 rings (SSSR count). The zero-order valence-corrected chi connectivity index (χ0v) is 14.0. The summed E-state index contributed by atoms with van der Waals surface area (Å²) in [6, 6.07) is 9.48. The van der Waals surface area contributed by atoms with Crippen molar-refractivity contribution in [3.8, 4) is 0 Å². The van der Waals surface area contributed by atoms with E-state index in [1.54, 1.807) is 11.1 Å². The molecular weight excluding hydrogens is 302 g/mol. The molecule has 4 nitrogen and oxygen atoms in total. The predicted molar refractivity (Wildman–Crippen MR) is 94.3 cm³/mol. The minimum atomic E-state index is -0.390. The standard InChI is InChI=1S/C20H25NO3/c1-2-3-4-5-9-12-18-15-19(22)13-14-21(18)20(23)24-16-17-10-7-6-8-11-17/h2,6-8,10-11,13-14,18H,1,3-5,9,12,15-16H2/t18-/m0/s1. The van der Waals surface area contributed by atoms with Gasteiger partial charge in [0, 0.05) is 18.7 Å². The number of hydrogen-bond donors (Lipinski definition) is 0. The number of hydrogen-bond acceptors (Lipinski definition) is 3. The fraction of sp³-hybridized carbons (Fsp3) is 0.400. The van der Waals surface area contributed by atoms with Gasteiger partial charge in [0.1, 0.15) is 6.61 Å². The molecule has 1 atom stereocenters. The fourth-order valence-corrected chi connectivity index (χ4v) is 2.77. The summed E-state index contributed by atoms with van der Waals surface area (Å²) in [5, 5.41) is 0. The highest BCUT2D eigenvalue weighted by Gasteiger charge is 2.27. The maximum absolute atomic E-state index is 12.4. The third-order valence-electron chi connectivity index (χ3n) is 4.11. The normalized spacial score (nSPS) is 16.9. The lowest BCUT2D eigenvalue weighted by Gasteiger charge is -2.30. The maximum atomic E-state index is 12.4. The largest absolute Gasteiger partial charge is 0.444 e. The van der Waals surface area contributed by atoms with Gasteiger partial charge in [-0.2, -0.15) is 0 Å². The first-order valence-corrected chi connectivity index (χ1v) is 8.51. The van der Waals surface area contributed by atoms with Crippen molar-refractivity contribution in [3.05, 3.63) is 60.8 Å².